The second kappa shape index (κ2) is 4.78. The number of rotatable bonds is 4. The summed E-state index contributed by atoms with van der Waals surface area (Å²) in [5, 5.41) is 7.18. The molecule has 1 saturated heterocycles. The first kappa shape index (κ1) is 13.5. The van der Waals surface area contributed by atoms with Gasteiger partial charge in [0.25, 0.3) is 0 Å². The van der Waals surface area contributed by atoms with E-state index in [0.717, 1.165) is 31.0 Å². The van der Waals surface area contributed by atoms with Crippen molar-refractivity contribution in [1.82, 2.24) is 15.2 Å². The molecule has 4 fully saturated rings. The number of thiazole rings is 1. The molecule has 1 unspecified atom stereocenters. The maximum Gasteiger partial charge on any atom is 0.244 e. The zero-order valence-corrected chi connectivity index (χ0v) is 13.7. The third kappa shape index (κ3) is 2.13. The zero-order valence-electron chi connectivity index (χ0n) is 12.9. The Balaban J connectivity index is 1.45. The van der Waals surface area contributed by atoms with Crippen LogP contribution in [-0.2, 0) is 4.79 Å². The van der Waals surface area contributed by atoms with Crippen molar-refractivity contribution < 1.29 is 4.79 Å². The van der Waals surface area contributed by atoms with Crippen molar-refractivity contribution in [3.63, 3.8) is 0 Å². The molecule has 0 radical (unpaired) electrons. The lowest BCUT2D eigenvalue weighted by molar-refractivity contribution is -0.133. The van der Waals surface area contributed by atoms with Crippen LogP contribution in [0.4, 0.5) is 0 Å². The van der Waals surface area contributed by atoms with Crippen LogP contribution in [0, 0.1) is 5.92 Å². The minimum Gasteiger partial charge on any atom is -0.319 e. The lowest BCUT2D eigenvalue weighted by Crippen LogP contribution is -2.44. The number of aromatic nitrogens is 1. The number of carbonyl (C=O) groups excluding carboxylic acids is 1. The van der Waals surface area contributed by atoms with Crippen LogP contribution < -0.4 is 5.32 Å². The molecule has 1 amide bonds. The summed E-state index contributed by atoms with van der Waals surface area (Å²) in [6.45, 7) is 0.925. The molecular formula is C17H23N3OS. The Morgan fingerprint density at radius 2 is 2.05 bits per heavy atom. The first-order valence-electron chi connectivity index (χ1n) is 8.79. The highest BCUT2D eigenvalue weighted by Crippen LogP contribution is 2.45. The molecule has 22 heavy (non-hydrogen) atoms. The lowest BCUT2D eigenvalue weighted by atomic mass is 9.98. The minimum atomic E-state index is -0.275. The van der Waals surface area contributed by atoms with Gasteiger partial charge in [-0.3, -0.25) is 10.1 Å². The molecule has 1 N–H and O–H groups in total. The summed E-state index contributed by atoms with van der Waals surface area (Å²) in [5.41, 5.74) is 0.813. The smallest absolute Gasteiger partial charge is 0.244 e. The van der Waals surface area contributed by atoms with Crippen LogP contribution in [0.25, 0.3) is 0 Å². The predicted octanol–water partition coefficient (Wildman–Crippen LogP) is 3.17. The van der Waals surface area contributed by atoms with Crippen molar-refractivity contribution >= 4 is 17.2 Å². The van der Waals surface area contributed by atoms with Crippen LogP contribution in [-0.4, -0.2) is 27.9 Å². The van der Waals surface area contributed by atoms with Crippen LogP contribution in [0.15, 0.2) is 5.38 Å². The van der Waals surface area contributed by atoms with E-state index in [1.807, 2.05) is 0 Å². The molecule has 1 aromatic heterocycles. The number of hydrogen-bond acceptors (Lipinski definition) is 4. The van der Waals surface area contributed by atoms with Crippen LogP contribution in [0.1, 0.15) is 74.2 Å². The number of hydrogen-bond donors (Lipinski definition) is 1. The molecule has 4 aliphatic rings. The van der Waals surface area contributed by atoms with E-state index < -0.39 is 0 Å². The Morgan fingerprint density at radius 3 is 2.73 bits per heavy atom. The van der Waals surface area contributed by atoms with Crippen LogP contribution >= 0.6 is 11.3 Å². The van der Waals surface area contributed by atoms with Gasteiger partial charge in [0, 0.05) is 17.8 Å². The minimum absolute atomic E-state index is 0.0231. The number of nitrogens with one attached hydrogen (secondary N) is 1. The van der Waals surface area contributed by atoms with E-state index in [0.29, 0.717) is 11.8 Å². The highest BCUT2D eigenvalue weighted by molar-refractivity contribution is 7.09. The fourth-order valence-electron chi connectivity index (χ4n) is 4.07. The Labute approximate surface area is 135 Å². The molecule has 1 aromatic rings. The van der Waals surface area contributed by atoms with Crippen molar-refractivity contribution in [1.29, 1.82) is 0 Å². The molecule has 1 aliphatic heterocycles. The van der Waals surface area contributed by atoms with E-state index in [1.54, 1.807) is 11.3 Å². The molecule has 0 bridgehead atoms. The Kier molecular flexibility index (Phi) is 2.93. The summed E-state index contributed by atoms with van der Waals surface area (Å²) < 4.78 is 0. The average molecular weight is 317 g/mol. The Hall–Kier alpha value is -0.940. The molecule has 5 rings (SSSR count). The molecule has 1 spiro atoms. The number of nitrogens with zero attached hydrogens (tertiary/aromatic N) is 2. The number of amides is 1. The summed E-state index contributed by atoms with van der Waals surface area (Å²) in [5.74, 6) is 1.78. The predicted molar refractivity (Wildman–Crippen MR) is 85.6 cm³/mol. The number of carbonyl (C=O) groups is 1. The van der Waals surface area contributed by atoms with E-state index in [4.69, 9.17) is 4.98 Å². The first-order valence-corrected chi connectivity index (χ1v) is 9.67. The molecule has 3 saturated carbocycles. The molecule has 1 atom stereocenters. The van der Waals surface area contributed by atoms with Crippen molar-refractivity contribution in [2.24, 2.45) is 5.92 Å². The van der Waals surface area contributed by atoms with Gasteiger partial charge in [-0.1, -0.05) is 12.8 Å². The van der Waals surface area contributed by atoms with Crippen molar-refractivity contribution in [2.75, 3.05) is 6.54 Å². The Morgan fingerprint density at radius 1 is 1.27 bits per heavy atom. The van der Waals surface area contributed by atoms with Crippen LogP contribution in [0.5, 0.6) is 0 Å². The lowest BCUT2D eigenvalue weighted by Gasteiger charge is -2.22. The highest BCUT2D eigenvalue weighted by Gasteiger charge is 2.54. The summed E-state index contributed by atoms with van der Waals surface area (Å²) in [6.07, 6.45) is 9.53. The van der Waals surface area contributed by atoms with E-state index in [2.05, 4.69) is 15.6 Å². The second-order valence-corrected chi connectivity index (χ2v) is 8.51. The monoisotopic (exact) mass is 317 g/mol. The average Bonchev–Trinajstić information content (AvgIpc) is 3.42. The zero-order chi connectivity index (χ0) is 14.7. The van der Waals surface area contributed by atoms with Gasteiger partial charge in [-0.2, -0.15) is 0 Å². The standard InChI is InChI=1S/C17H23N3OS/c21-16-17(7-1-2-8-17)19-14(20(16)9-11-3-4-11)13-10-22-15(18-13)12-5-6-12/h10-12,14,19H,1-9H2. The Bertz CT molecular complexity index is 599. The van der Waals surface area contributed by atoms with Gasteiger partial charge in [0.15, 0.2) is 0 Å². The molecule has 118 valence electrons. The third-order valence-corrected chi connectivity index (χ3v) is 6.78. The molecule has 4 nitrogen and oxygen atoms in total. The summed E-state index contributed by atoms with van der Waals surface area (Å²) >= 11 is 1.79. The van der Waals surface area contributed by atoms with E-state index >= 15 is 0 Å². The van der Waals surface area contributed by atoms with Gasteiger partial charge < -0.3 is 4.90 Å². The normalized spacial score (nSPS) is 30.6. The highest BCUT2D eigenvalue weighted by atomic mass is 32.1. The summed E-state index contributed by atoms with van der Waals surface area (Å²) in [7, 11) is 0. The van der Waals surface area contributed by atoms with Gasteiger partial charge in [-0.25, -0.2) is 4.98 Å². The fraction of sp³-hybridized carbons (Fsp3) is 0.765. The maximum atomic E-state index is 13.1. The van der Waals surface area contributed by atoms with Crippen LogP contribution in [0.3, 0.4) is 0 Å². The molecule has 2 heterocycles. The van der Waals surface area contributed by atoms with Gasteiger partial charge in [0.1, 0.15) is 6.17 Å². The third-order valence-electron chi connectivity index (χ3n) is 5.75. The van der Waals surface area contributed by atoms with Crippen LogP contribution in [0.2, 0.25) is 0 Å². The van der Waals surface area contributed by atoms with Gasteiger partial charge in [0.2, 0.25) is 5.91 Å². The van der Waals surface area contributed by atoms with Crippen molar-refractivity contribution in [3.05, 3.63) is 16.1 Å². The van der Waals surface area contributed by atoms with Gasteiger partial charge >= 0.3 is 0 Å². The van der Waals surface area contributed by atoms with E-state index in [-0.39, 0.29) is 11.7 Å². The maximum absolute atomic E-state index is 13.1. The van der Waals surface area contributed by atoms with Gasteiger partial charge in [0.05, 0.1) is 16.2 Å². The quantitative estimate of drug-likeness (QED) is 0.928. The first-order chi connectivity index (χ1) is 10.8. The van der Waals surface area contributed by atoms with E-state index in [1.165, 1.54) is 43.5 Å². The molecule has 5 heteroatoms. The largest absolute Gasteiger partial charge is 0.319 e. The molecular weight excluding hydrogens is 294 g/mol. The van der Waals surface area contributed by atoms with E-state index in [9.17, 15) is 4.79 Å². The fourth-order valence-corrected chi connectivity index (χ4v) is 5.08. The van der Waals surface area contributed by atoms with Gasteiger partial charge in [-0.05, 0) is 44.4 Å². The van der Waals surface area contributed by atoms with Gasteiger partial charge in [-0.15, -0.1) is 11.3 Å². The summed E-state index contributed by atoms with van der Waals surface area (Å²) in [6, 6.07) is 0. The summed E-state index contributed by atoms with van der Waals surface area (Å²) in [4.78, 5) is 20.1. The topological polar surface area (TPSA) is 45.2 Å². The molecule has 3 aliphatic carbocycles. The SMILES string of the molecule is O=C1N(CC2CC2)C(c2csc(C3CC3)n2)NC12CCCC2. The molecule has 0 aromatic carbocycles. The van der Waals surface area contributed by atoms with Crippen molar-refractivity contribution in [2.45, 2.75) is 69.0 Å². The van der Waals surface area contributed by atoms with Crippen molar-refractivity contribution in [3.8, 4) is 0 Å². The second-order valence-electron chi connectivity index (χ2n) is 7.62.